The number of piperidine rings is 1. The molecule has 1 amide bonds. The lowest BCUT2D eigenvalue weighted by atomic mass is 9.94. The molecule has 27 heavy (non-hydrogen) atoms. The first-order valence-corrected chi connectivity index (χ1v) is 9.53. The van der Waals surface area contributed by atoms with E-state index in [4.69, 9.17) is 8.83 Å². The van der Waals surface area contributed by atoms with Crippen LogP contribution < -0.4 is 10.2 Å². The van der Waals surface area contributed by atoms with Gasteiger partial charge < -0.3 is 19.1 Å². The molecule has 3 rings (SSSR count). The first kappa shape index (κ1) is 19.0. The molecule has 3 heterocycles. The Balaban J connectivity index is 1.63. The molecule has 144 valence electrons. The highest BCUT2D eigenvalue weighted by atomic mass is 16.4. The second kappa shape index (κ2) is 8.30. The zero-order valence-electron chi connectivity index (χ0n) is 16.1. The molecule has 1 aliphatic rings. The molecule has 1 fully saturated rings. The number of anilines is 1. The van der Waals surface area contributed by atoms with E-state index in [-0.39, 0.29) is 23.6 Å². The quantitative estimate of drug-likeness (QED) is 0.835. The van der Waals surface area contributed by atoms with Crippen LogP contribution in [0.2, 0.25) is 0 Å². The minimum absolute atomic E-state index is 0.00856. The van der Waals surface area contributed by atoms with Crippen LogP contribution in [0, 0.1) is 23.2 Å². The van der Waals surface area contributed by atoms with E-state index in [9.17, 15) is 10.1 Å². The van der Waals surface area contributed by atoms with Crippen molar-refractivity contribution in [3.63, 3.8) is 0 Å². The lowest BCUT2D eigenvalue weighted by Crippen LogP contribution is -2.44. The van der Waals surface area contributed by atoms with Gasteiger partial charge in [0, 0.05) is 25.0 Å². The fourth-order valence-electron chi connectivity index (χ4n) is 3.29. The summed E-state index contributed by atoms with van der Waals surface area (Å²) >= 11 is 0. The van der Waals surface area contributed by atoms with Crippen molar-refractivity contribution in [2.75, 3.05) is 18.0 Å². The Kier molecular flexibility index (Phi) is 5.84. The maximum atomic E-state index is 12.5. The average Bonchev–Trinajstić information content (AvgIpc) is 3.36. The SMILES string of the molecule is CC[C@@H](C)[C@@H](C)NC(=O)C1CCN(c2oc(-c3ccco3)nc2C#N)CC1. The normalized spacial score (nSPS) is 17.3. The Morgan fingerprint density at radius 1 is 1.44 bits per heavy atom. The van der Waals surface area contributed by atoms with E-state index in [1.807, 2.05) is 4.90 Å². The fraction of sp³-hybridized carbons (Fsp3) is 0.550. The van der Waals surface area contributed by atoms with Crippen LogP contribution in [0.25, 0.3) is 11.7 Å². The highest BCUT2D eigenvalue weighted by Crippen LogP contribution is 2.31. The molecule has 7 nitrogen and oxygen atoms in total. The summed E-state index contributed by atoms with van der Waals surface area (Å²) in [5, 5.41) is 12.5. The van der Waals surface area contributed by atoms with Crippen molar-refractivity contribution in [2.24, 2.45) is 11.8 Å². The minimum atomic E-state index is -0.00856. The zero-order chi connectivity index (χ0) is 19.4. The molecule has 2 aromatic heterocycles. The molecule has 2 atom stereocenters. The number of furan rings is 1. The molecule has 0 saturated carbocycles. The topological polar surface area (TPSA) is 95.3 Å². The first-order chi connectivity index (χ1) is 13.0. The minimum Gasteiger partial charge on any atom is -0.459 e. The molecule has 1 aliphatic heterocycles. The van der Waals surface area contributed by atoms with E-state index in [1.54, 1.807) is 12.1 Å². The molecular weight excluding hydrogens is 344 g/mol. The van der Waals surface area contributed by atoms with Crippen LogP contribution in [0.1, 0.15) is 45.7 Å². The molecule has 0 radical (unpaired) electrons. The summed E-state index contributed by atoms with van der Waals surface area (Å²) in [6.07, 6.45) is 4.03. The van der Waals surface area contributed by atoms with E-state index >= 15 is 0 Å². The Hall–Kier alpha value is -2.75. The molecular formula is C20H26N4O3. The van der Waals surface area contributed by atoms with E-state index < -0.39 is 0 Å². The maximum absolute atomic E-state index is 12.5. The number of nitrogens with one attached hydrogen (secondary N) is 1. The van der Waals surface area contributed by atoms with E-state index in [1.165, 1.54) is 6.26 Å². The summed E-state index contributed by atoms with van der Waals surface area (Å²) in [6.45, 7) is 7.64. The number of nitriles is 1. The van der Waals surface area contributed by atoms with Crippen molar-refractivity contribution < 1.29 is 13.6 Å². The van der Waals surface area contributed by atoms with E-state index in [2.05, 4.69) is 37.1 Å². The van der Waals surface area contributed by atoms with Crippen molar-refractivity contribution in [1.82, 2.24) is 10.3 Å². The number of aromatic nitrogens is 1. The monoisotopic (exact) mass is 370 g/mol. The maximum Gasteiger partial charge on any atom is 0.266 e. The van der Waals surface area contributed by atoms with Crippen LogP contribution in [-0.4, -0.2) is 30.0 Å². The van der Waals surface area contributed by atoms with Crippen LogP contribution in [0.5, 0.6) is 0 Å². The lowest BCUT2D eigenvalue weighted by Gasteiger charge is -2.32. The van der Waals surface area contributed by atoms with Crippen LogP contribution in [-0.2, 0) is 4.79 Å². The van der Waals surface area contributed by atoms with Gasteiger partial charge >= 0.3 is 0 Å². The summed E-state index contributed by atoms with van der Waals surface area (Å²) in [7, 11) is 0. The van der Waals surface area contributed by atoms with Crippen LogP contribution in [0.3, 0.4) is 0 Å². The van der Waals surface area contributed by atoms with Gasteiger partial charge in [-0.05, 0) is 37.8 Å². The Morgan fingerprint density at radius 2 is 2.19 bits per heavy atom. The van der Waals surface area contributed by atoms with Crippen molar-refractivity contribution in [3.8, 4) is 17.7 Å². The molecule has 0 aromatic carbocycles. The third kappa shape index (κ3) is 4.16. The number of hydrogen-bond donors (Lipinski definition) is 1. The van der Waals surface area contributed by atoms with Crippen LogP contribution >= 0.6 is 0 Å². The van der Waals surface area contributed by atoms with Crippen molar-refractivity contribution in [1.29, 1.82) is 5.26 Å². The first-order valence-electron chi connectivity index (χ1n) is 9.53. The second-order valence-corrected chi connectivity index (χ2v) is 7.21. The number of hydrogen-bond acceptors (Lipinski definition) is 6. The molecule has 0 aliphatic carbocycles. The van der Waals surface area contributed by atoms with Gasteiger partial charge in [-0.15, -0.1) is 0 Å². The van der Waals surface area contributed by atoms with Gasteiger partial charge in [0.2, 0.25) is 17.5 Å². The molecule has 1 saturated heterocycles. The molecule has 0 unspecified atom stereocenters. The van der Waals surface area contributed by atoms with Crippen molar-refractivity contribution in [3.05, 3.63) is 24.1 Å². The number of rotatable bonds is 6. The summed E-state index contributed by atoms with van der Waals surface area (Å²) in [5.41, 5.74) is 0.245. The highest BCUT2D eigenvalue weighted by molar-refractivity contribution is 5.79. The number of amides is 1. The number of nitrogens with zero attached hydrogens (tertiary/aromatic N) is 3. The van der Waals surface area contributed by atoms with Gasteiger partial charge in [0.05, 0.1) is 6.26 Å². The lowest BCUT2D eigenvalue weighted by molar-refractivity contribution is -0.126. The van der Waals surface area contributed by atoms with Crippen LogP contribution in [0.15, 0.2) is 27.2 Å². The predicted molar refractivity (Wildman–Crippen MR) is 101 cm³/mol. The molecule has 1 N–H and O–H groups in total. The Bertz CT molecular complexity index is 798. The summed E-state index contributed by atoms with van der Waals surface area (Å²) < 4.78 is 11.1. The van der Waals surface area contributed by atoms with Gasteiger partial charge in [0.1, 0.15) is 6.07 Å². The molecule has 7 heteroatoms. The van der Waals surface area contributed by atoms with Gasteiger partial charge in [0.15, 0.2) is 5.76 Å². The smallest absolute Gasteiger partial charge is 0.266 e. The number of carbonyl (C=O) groups excluding carboxylic acids is 1. The summed E-state index contributed by atoms with van der Waals surface area (Å²) in [4.78, 5) is 18.7. The number of carbonyl (C=O) groups is 1. The Morgan fingerprint density at radius 3 is 2.78 bits per heavy atom. The zero-order valence-corrected chi connectivity index (χ0v) is 16.1. The van der Waals surface area contributed by atoms with Crippen LogP contribution in [0.4, 0.5) is 5.88 Å². The third-order valence-corrected chi connectivity index (χ3v) is 5.47. The Labute approximate surface area is 159 Å². The van der Waals surface area contributed by atoms with Gasteiger partial charge in [-0.25, -0.2) is 0 Å². The van der Waals surface area contributed by atoms with Gasteiger partial charge in [-0.2, -0.15) is 10.2 Å². The van der Waals surface area contributed by atoms with Gasteiger partial charge in [-0.3, -0.25) is 4.79 Å². The highest BCUT2D eigenvalue weighted by Gasteiger charge is 2.30. The van der Waals surface area contributed by atoms with Crippen molar-refractivity contribution >= 4 is 11.8 Å². The fourth-order valence-corrected chi connectivity index (χ4v) is 3.29. The largest absolute Gasteiger partial charge is 0.459 e. The summed E-state index contributed by atoms with van der Waals surface area (Å²) in [6, 6.07) is 5.75. The molecule has 0 spiro atoms. The molecule has 2 aromatic rings. The van der Waals surface area contributed by atoms with Gasteiger partial charge in [-0.1, -0.05) is 20.3 Å². The molecule has 0 bridgehead atoms. The standard InChI is InChI=1S/C20H26N4O3/c1-4-13(2)14(3)22-18(25)15-7-9-24(10-8-15)20-16(12-21)23-19(27-20)17-6-5-11-26-17/h5-6,11,13-15H,4,7-10H2,1-3H3,(H,22,25)/t13-,14-/m1/s1. The van der Waals surface area contributed by atoms with Gasteiger partial charge in [0.25, 0.3) is 5.89 Å². The van der Waals surface area contributed by atoms with E-state index in [0.717, 1.165) is 19.3 Å². The second-order valence-electron chi connectivity index (χ2n) is 7.21. The number of oxazole rings is 1. The van der Waals surface area contributed by atoms with Crippen molar-refractivity contribution in [2.45, 2.75) is 46.1 Å². The average molecular weight is 370 g/mol. The predicted octanol–water partition coefficient (Wildman–Crippen LogP) is 3.57. The third-order valence-electron chi connectivity index (χ3n) is 5.47. The summed E-state index contributed by atoms with van der Waals surface area (Å²) in [5.74, 6) is 1.82. The van der Waals surface area contributed by atoms with E-state index in [0.29, 0.717) is 36.5 Å².